The second kappa shape index (κ2) is 9.36. The van der Waals surface area contributed by atoms with Gasteiger partial charge in [-0.2, -0.15) is 0 Å². The topological polar surface area (TPSA) is 86.6 Å². The number of hydrogen-bond donors (Lipinski definition) is 3. The molecule has 0 aliphatic carbocycles. The number of fused-ring (bicyclic) bond motifs is 1. The summed E-state index contributed by atoms with van der Waals surface area (Å²) in [7, 11) is 0. The molecule has 36 heavy (non-hydrogen) atoms. The number of rotatable bonds is 5. The lowest BCUT2D eigenvalue weighted by Crippen LogP contribution is -2.04. The zero-order valence-electron chi connectivity index (χ0n) is 19.4. The van der Waals surface area contributed by atoms with Gasteiger partial charge in [0.1, 0.15) is 5.75 Å². The van der Waals surface area contributed by atoms with Gasteiger partial charge in [0.15, 0.2) is 0 Å². The van der Waals surface area contributed by atoms with Gasteiger partial charge in [0.25, 0.3) is 5.91 Å². The number of phenolic OH excluding ortho intramolecular Hbond substituents is 1. The fraction of sp³-hybridized carbons (Fsp3) is 0.0667. The smallest absolute Gasteiger partial charge is 0.307 e. The Balaban J connectivity index is 1.53. The van der Waals surface area contributed by atoms with E-state index in [4.69, 9.17) is 11.6 Å². The van der Waals surface area contributed by atoms with E-state index in [1.54, 1.807) is 30.3 Å². The summed E-state index contributed by atoms with van der Waals surface area (Å²) in [6.45, 7) is 1.87. The summed E-state index contributed by atoms with van der Waals surface area (Å²) >= 11 is 6.60. The fourth-order valence-electron chi connectivity index (χ4n) is 4.42. The van der Waals surface area contributed by atoms with E-state index in [0.717, 1.165) is 38.9 Å². The summed E-state index contributed by atoms with van der Waals surface area (Å²) in [4.78, 5) is 24.0. The molecule has 0 radical (unpaired) electrons. The number of nitrogens with one attached hydrogen (secondary N) is 1. The molecule has 3 N–H and O–H groups in total. The van der Waals surface area contributed by atoms with Crippen LogP contribution < -0.4 is 5.32 Å². The van der Waals surface area contributed by atoms with E-state index >= 15 is 0 Å². The van der Waals surface area contributed by atoms with Gasteiger partial charge in [-0.3, -0.25) is 9.59 Å². The average molecular weight is 496 g/mol. The number of hydrogen-bond acceptors (Lipinski definition) is 3. The third-order valence-electron chi connectivity index (χ3n) is 6.33. The summed E-state index contributed by atoms with van der Waals surface area (Å²) in [6.07, 6.45) is 1.69. The Kier molecular flexibility index (Phi) is 6.08. The molecule has 0 spiro atoms. The second-order valence-electron chi connectivity index (χ2n) is 8.74. The zero-order chi connectivity index (χ0) is 25.4. The van der Waals surface area contributed by atoms with Crippen molar-refractivity contribution in [2.24, 2.45) is 0 Å². The van der Waals surface area contributed by atoms with Crippen molar-refractivity contribution in [2.45, 2.75) is 13.3 Å². The molecular formula is C30H22ClNO4. The van der Waals surface area contributed by atoms with Crippen molar-refractivity contribution in [1.82, 2.24) is 0 Å². The Hall–Kier alpha value is -4.35. The Morgan fingerprint density at radius 1 is 0.917 bits per heavy atom. The third-order valence-corrected chi connectivity index (χ3v) is 6.64. The van der Waals surface area contributed by atoms with Gasteiger partial charge in [-0.05, 0) is 59.0 Å². The number of aliphatic carboxylic acids is 1. The van der Waals surface area contributed by atoms with E-state index in [1.165, 1.54) is 0 Å². The number of carboxylic acids is 1. The van der Waals surface area contributed by atoms with Crippen LogP contribution in [0, 0.1) is 6.92 Å². The number of amides is 1. The predicted molar refractivity (Wildman–Crippen MR) is 143 cm³/mol. The number of aromatic hydroxyl groups is 1. The molecule has 5 rings (SSSR count). The quantitative estimate of drug-likeness (QED) is 0.265. The predicted octanol–water partition coefficient (Wildman–Crippen LogP) is 6.81. The molecule has 0 fully saturated rings. The lowest BCUT2D eigenvalue weighted by atomic mass is 9.95. The number of anilines is 1. The Labute approximate surface area is 213 Å². The molecule has 0 bridgehead atoms. The highest BCUT2D eigenvalue weighted by Crippen LogP contribution is 2.41. The van der Waals surface area contributed by atoms with Crippen LogP contribution in [0.1, 0.15) is 22.3 Å². The van der Waals surface area contributed by atoms with Crippen LogP contribution in [0.5, 0.6) is 5.75 Å². The van der Waals surface area contributed by atoms with E-state index in [-0.39, 0.29) is 18.1 Å². The van der Waals surface area contributed by atoms with Crippen molar-refractivity contribution < 1.29 is 19.8 Å². The van der Waals surface area contributed by atoms with Crippen molar-refractivity contribution in [2.75, 3.05) is 5.32 Å². The molecule has 1 amide bonds. The van der Waals surface area contributed by atoms with Gasteiger partial charge in [0, 0.05) is 22.3 Å². The molecule has 0 unspecified atom stereocenters. The van der Waals surface area contributed by atoms with Crippen molar-refractivity contribution in [3.05, 3.63) is 106 Å². The largest absolute Gasteiger partial charge is 0.507 e. The third kappa shape index (κ3) is 4.49. The maximum Gasteiger partial charge on any atom is 0.307 e. The Morgan fingerprint density at radius 3 is 2.31 bits per heavy atom. The summed E-state index contributed by atoms with van der Waals surface area (Å²) < 4.78 is 0. The molecule has 1 aliphatic heterocycles. The fourth-order valence-corrected chi connectivity index (χ4v) is 4.70. The Bertz CT molecular complexity index is 1550. The number of benzene rings is 4. The monoisotopic (exact) mass is 495 g/mol. The maximum atomic E-state index is 12.8. The van der Waals surface area contributed by atoms with E-state index in [2.05, 4.69) is 5.32 Å². The molecule has 4 aromatic rings. The van der Waals surface area contributed by atoms with E-state index in [9.17, 15) is 19.8 Å². The highest BCUT2D eigenvalue weighted by molar-refractivity contribution is 6.38. The van der Waals surface area contributed by atoms with Gasteiger partial charge in [-0.25, -0.2) is 0 Å². The van der Waals surface area contributed by atoms with Crippen LogP contribution in [0.3, 0.4) is 0 Å². The van der Waals surface area contributed by atoms with Crippen molar-refractivity contribution in [3.8, 4) is 28.0 Å². The van der Waals surface area contributed by atoms with Gasteiger partial charge in [0.05, 0.1) is 17.1 Å². The number of phenols is 1. The number of carbonyl (C=O) groups is 2. The van der Waals surface area contributed by atoms with Crippen LogP contribution >= 0.6 is 11.6 Å². The first-order valence-corrected chi connectivity index (χ1v) is 11.7. The number of para-hydroxylation sites is 1. The lowest BCUT2D eigenvalue weighted by Gasteiger charge is -2.10. The van der Waals surface area contributed by atoms with Crippen LogP contribution in [-0.2, 0) is 16.0 Å². The summed E-state index contributed by atoms with van der Waals surface area (Å²) in [5.74, 6) is -0.934. The lowest BCUT2D eigenvalue weighted by molar-refractivity contribution is -0.136. The highest BCUT2D eigenvalue weighted by atomic mass is 35.5. The molecule has 0 saturated heterocycles. The standard InChI is InChI=1S/C30H22ClNO4/c1-17-6-7-18(12-21(17)14-29(34)35)13-25-24-15-23(26(31)16-27(24)32-30(25)36)20-10-8-19(9-11-20)22-4-2-3-5-28(22)33/h2-13,15-16,33H,14H2,1H3,(H,32,36)(H,34,35)/b25-13+. The Morgan fingerprint density at radius 2 is 1.61 bits per heavy atom. The maximum absolute atomic E-state index is 12.8. The van der Waals surface area contributed by atoms with Crippen molar-refractivity contribution in [1.29, 1.82) is 0 Å². The van der Waals surface area contributed by atoms with Crippen LogP contribution in [0.2, 0.25) is 5.02 Å². The van der Waals surface area contributed by atoms with Crippen LogP contribution in [0.4, 0.5) is 5.69 Å². The van der Waals surface area contributed by atoms with E-state index in [0.29, 0.717) is 21.8 Å². The minimum atomic E-state index is -0.903. The van der Waals surface area contributed by atoms with Gasteiger partial charge in [-0.1, -0.05) is 72.3 Å². The van der Waals surface area contributed by atoms with Crippen LogP contribution in [-0.4, -0.2) is 22.1 Å². The van der Waals surface area contributed by atoms with Gasteiger partial charge >= 0.3 is 5.97 Å². The minimum absolute atomic E-state index is 0.0812. The second-order valence-corrected chi connectivity index (χ2v) is 9.15. The average Bonchev–Trinajstić information content (AvgIpc) is 3.14. The first-order valence-electron chi connectivity index (χ1n) is 11.4. The van der Waals surface area contributed by atoms with Gasteiger partial charge < -0.3 is 15.5 Å². The SMILES string of the molecule is Cc1ccc(/C=C2/C(=O)Nc3cc(Cl)c(-c4ccc(-c5ccccc5O)cc4)cc32)cc1CC(=O)O. The van der Waals surface area contributed by atoms with Gasteiger partial charge in [0.2, 0.25) is 0 Å². The summed E-state index contributed by atoms with van der Waals surface area (Å²) in [5, 5.41) is 22.7. The minimum Gasteiger partial charge on any atom is -0.507 e. The normalized spacial score (nSPS) is 13.5. The molecule has 178 valence electrons. The molecule has 4 aromatic carbocycles. The molecular weight excluding hydrogens is 474 g/mol. The first-order chi connectivity index (χ1) is 17.3. The first kappa shape index (κ1) is 23.4. The van der Waals surface area contributed by atoms with Gasteiger partial charge in [-0.15, -0.1) is 0 Å². The summed E-state index contributed by atoms with van der Waals surface area (Å²) in [5.41, 5.74) is 7.45. The molecule has 0 saturated carbocycles. The van der Waals surface area contributed by atoms with Crippen molar-refractivity contribution in [3.63, 3.8) is 0 Å². The molecule has 0 aromatic heterocycles. The van der Waals surface area contributed by atoms with E-state index < -0.39 is 5.97 Å². The number of carbonyl (C=O) groups excluding carboxylic acids is 1. The van der Waals surface area contributed by atoms with Crippen molar-refractivity contribution >= 4 is 40.8 Å². The zero-order valence-corrected chi connectivity index (χ0v) is 20.1. The van der Waals surface area contributed by atoms with Crippen LogP contribution in [0.25, 0.3) is 33.9 Å². The number of carboxylic acid groups (broad SMARTS) is 1. The molecule has 6 heteroatoms. The number of halogens is 1. The highest BCUT2D eigenvalue weighted by Gasteiger charge is 2.26. The van der Waals surface area contributed by atoms with Crippen LogP contribution in [0.15, 0.2) is 78.9 Å². The summed E-state index contributed by atoms with van der Waals surface area (Å²) in [6, 6.07) is 24.0. The molecule has 1 aliphatic rings. The number of aryl methyl sites for hydroxylation is 1. The molecule has 0 atom stereocenters. The van der Waals surface area contributed by atoms with E-state index in [1.807, 2.05) is 61.5 Å². The molecule has 1 heterocycles. The molecule has 5 nitrogen and oxygen atoms in total.